The largest absolute Gasteiger partial charge is 0.478 e. The highest BCUT2D eigenvalue weighted by molar-refractivity contribution is 5.93. The molecule has 0 aromatic carbocycles. The number of aromatic carboxylic acids is 1. The Labute approximate surface area is 127 Å². The first-order valence-electron chi connectivity index (χ1n) is 6.08. The van der Waals surface area contributed by atoms with Crippen molar-refractivity contribution in [2.45, 2.75) is 12.7 Å². The van der Waals surface area contributed by atoms with Gasteiger partial charge in [0.25, 0.3) is 0 Å². The maximum absolute atomic E-state index is 12.8. The maximum Gasteiger partial charge on any atom is 0.433 e. The van der Waals surface area contributed by atoms with E-state index in [1.807, 2.05) is 0 Å². The molecule has 0 spiro atoms. The summed E-state index contributed by atoms with van der Waals surface area (Å²) in [4.78, 5) is 20.6. The molecule has 1 N–H and O–H groups in total. The Bertz CT molecular complexity index is 717. The Morgan fingerprint density at radius 1 is 1.43 bits per heavy atom. The summed E-state index contributed by atoms with van der Waals surface area (Å²) < 4.78 is 38.4. The van der Waals surface area contributed by atoms with Gasteiger partial charge in [-0.1, -0.05) is 0 Å². The molecule has 0 aliphatic heterocycles. The normalized spacial score (nSPS) is 11.5. The number of carboxylic acids is 1. The van der Waals surface area contributed by atoms with Crippen molar-refractivity contribution in [2.75, 3.05) is 12.2 Å². The van der Waals surface area contributed by atoms with Gasteiger partial charge in [-0.05, 0) is 17.3 Å². The second-order valence-corrected chi connectivity index (χ2v) is 4.28. The molecule has 9 nitrogen and oxygen atoms in total. The third-order valence-corrected chi connectivity index (χ3v) is 2.69. The minimum atomic E-state index is -4.73. The number of tetrazole rings is 1. The lowest BCUT2D eigenvalue weighted by Gasteiger charge is -2.21. The van der Waals surface area contributed by atoms with Crippen LogP contribution in [0.15, 0.2) is 12.1 Å². The number of hydroxylamine groups is 1. The highest BCUT2D eigenvalue weighted by atomic mass is 19.4. The van der Waals surface area contributed by atoms with Gasteiger partial charge in [0.2, 0.25) is 0 Å². The molecule has 0 amide bonds. The molecule has 0 bridgehead atoms. The summed E-state index contributed by atoms with van der Waals surface area (Å²) in [5, 5.41) is 21.0. The van der Waals surface area contributed by atoms with Gasteiger partial charge in [0, 0.05) is 0 Å². The lowest BCUT2D eigenvalue weighted by Crippen LogP contribution is -2.26. The van der Waals surface area contributed by atoms with Crippen LogP contribution in [0.1, 0.15) is 21.9 Å². The molecule has 23 heavy (non-hydrogen) atoms. The predicted molar refractivity (Wildman–Crippen MR) is 68.2 cm³/mol. The standard InChI is InChI=1S/C11H11F3N6O3/c1-19-17-8(16-18-19)5-20(23-2)9-6(10(21)22)3-4-7(15-9)11(12,13)14/h3-4H,5H2,1-2H3,(H,21,22). The van der Waals surface area contributed by atoms with Gasteiger partial charge in [0.05, 0.1) is 14.2 Å². The number of carbonyl (C=O) groups is 1. The van der Waals surface area contributed by atoms with Gasteiger partial charge in [0.1, 0.15) is 17.8 Å². The van der Waals surface area contributed by atoms with E-state index in [2.05, 4.69) is 20.4 Å². The predicted octanol–water partition coefficient (Wildman–Crippen LogP) is 0.890. The van der Waals surface area contributed by atoms with Gasteiger partial charge in [-0.15, -0.1) is 10.2 Å². The lowest BCUT2D eigenvalue weighted by atomic mass is 10.2. The van der Waals surface area contributed by atoms with E-state index < -0.39 is 29.2 Å². The Balaban J connectivity index is 2.45. The van der Waals surface area contributed by atoms with Gasteiger partial charge in [0.15, 0.2) is 11.6 Å². The van der Waals surface area contributed by atoms with Gasteiger partial charge in [-0.3, -0.25) is 4.84 Å². The van der Waals surface area contributed by atoms with Crippen LogP contribution in [0.5, 0.6) is 0 Å². The second-order valence-electron chi connectivity index (χ2n) is 4.28. The maximum atomic E-state index is 12.8. The molecule has 0 radical (unpaired) electrons. The summed E-state index contributed by atoms with van der Waals surface area (Å²) >= 11 is 0. The molecule has 0 aliphatic carbocycles. The topological polar surface area (TPSA) is 106 Å². The second kappa shape index (κ2) is 6.16. The van der Waals surface area contributed by atoms with E-state index in [-0.39, 0.29) is 12.4 Å². The van der Waals surface area contributed by atoms with E-state index >= 15 is 0 Å². The third kappa shape index (κ3) is 3.71. The summed E-state index contributed by atoms with van der Waals surface area (Å²) in [5.41, 5.74) is -1.70. The molecule has 2 aromatic rings. The first-order chi connectivity index (χ1) is 10.7. The van der Waals surface area contributed by atoms with E-state index in [0.29, 0.717) is 6.07 Å². The Morgan fingerprint density at radius 3 is 2.61 bits per heavy atom. The van der Waals surface area contributed by atoms with Crippen molar-refractivity contribution < 1.29 is 27.9 Å². The number of carboxylic acid groups (broad SMARTS) is 1. The van der Waals surface area contributed by atoms with E-state index in [0.717, 1.165) is 23.0 Å². The van der Waals surface area contributed by atoms with Crippen molar-refractivity contribution in [1.82, 2.24) is 25.2 Å². The van der Waals surface area contributed by atoms with Gasteiger partial charge < -0.3 is 5.11 Å². The molecule has 0 fully saturated rings. The van der Waals surface area contributed by atoms with Crippen molar-refractivity contribution in [1.29, 1.82) is 0 Å². The number of halogens is 3. The van der Waals surface area contributed by atoms with E-state index in [1.54, 1.807) is 0 Å². The van der Waals surface area contributed by atoms with Gasteiger partial charge in [-0.25, -0.2) is 14.8 Å². The Hall–Kier alpha value is -2.76. The molecule has 124 valence electrons. The van der Waals surface area contributed by atoms with Crippen LogP contribution in [0.25, 0.3) is 0 Å². The number of pyridine rings is 1. The summed E-state index contributed by atoms with van der Waals surface area (Å²) in [5.74, 6) is -1.84. The number of anilines is 1. The van der Waals surface area contributed by atoms with Gasteiger partial charge in [-0.2, -0.15) is 18.0 Å². The summed E-state index contributed by atoms with van der Waals surface area (Å²) in [6.07, 6.45) is -4.73. The summed E-state index contributed by atoms with van der Waals surface area (Å²) in [7, 11) is 2.66. The van der Waals surface area contributed by atoms with Gasteiger partial charge >= 0.3 is 12.1 Å². The summed E-state index contributed by atoms with van der Waals surface area (Å²) in [6.45, 7) is -0.237. The van der Waals surface area contributed by atoms with Crippen LogP contribution >= 0.6 is 0 Å². The monoisotopic (exact) mass is 332 g/mol. The van der Waals surface area contributed by atoms with Crippen LogP contribution in [-0.2, 0) is 24.6 Å². The SMILES string of the molecule is CON(Cc1nnn(C)n1)c1nc(C(F)(F)F)ccc1C(=O)O. The van der Waals surface area contributed by atoms with Crippen LogP contribution in [0.3, 0.4) is 0 Å². The highest BCUT2D eigenvalue weighted by Crippen LogP contribution is 2.31. The number of rotatable bonds is 5. The minimum Gasteiger partial charge on any atom is -0.478 e. The number of aromatic nitrogens is 5. The van der Waals surface area contributed by atoms with Crippen LogP contribution in [0, 0.1) is 0 Å². The molecular weight excluding hydrogens is 321 g/mol. The van der Waals surface area contributed by atoms with Crippen molar-refractivity contribution in [2.24, 2.45) is 7.05 Å². The summed E-state index contributed by atoms with van der Waals surface area (Å²) in [6, 6.07) is 1.39. The molecule has 2 rings (SSSR count). The molecule has 2 heterocycles. The molecule has 12 heteroatoms. The van der Waals surface area contributed by atoms with Crippen molar-refractivity contribution >= 4 is 11.8 Å². The minimum absolute atomic E-state index is 0.116. The molecule has 0 saturated heterocycles. The van der Waals surface area contributed by atoms with Crippen molar-refractivity contribution in [3.63, 3.8) is 0 Å². The van der Waals surface area contributed by atoms with Crippen molar-refractivity contribution in [3.05, 3.63) is 29.2 Å². The molecule has 0 unspecified atom stereocenters. The Kier molecular flexibility index (Phi) is 4.45. The number of hydrogen-bond donors (Lipinski definition) is 1. The quantitative estimate of drug-likeness (QED) is 0.805. The molecule has 0 saturated carbocycles. The molecule has 0 atom stereocenters. The molecule has 2 aromatic heterocycles. The zero-order valence-electron chi connectivity index (χ0n) is 11.9. The smallest absolute Gasteiger partial charge is 0.433 e. The fourth-order valence-corrected chi connectivity index (χ4v) is 1.70. The van der Waals surface area contributed by atoms with Crippen LogP contribution in [0.2, 0.25) is 0 Å². The first-order valence-corrected chi connectivity index (χ1v) is 6.08. The molecule has 0 aliphatic rings. The average Bonchev–Trinajstić information content (AvgIpc) is 2.88. The fraction of sp³-hybridized carbons (Fsp3) is 0.364. The van der Waals surface area contributed by atoms with Crippen LogP contribution < -0.4 is 5.06 Å². The molecular formula is C11H11F3N6O3. The lowest BCUT2D eigenvalue weighted by molar-refractivity contribution is -0.141. The number of aryl methyl sites for hydroxylation is 1. The fourth-order valence-electron chi connectivity index (χ4n) is 1.70. The van der Waals surface area contributed by atoms with Crippen LogP contribution in [-0.4, -0.2) is 43.4 Å². The van der Waals surface area contributed by atoms with E-state index in [4.69, 9.17) is 9.94 Å². The highest BCUT2D eigenvalue weighted by Gasteiger charge is 2.34. The Morgan fingerprint density at radius 2 is 2.13 bits per heavy atom. The van der Waals surface area contributed by atoms with E-state index in [1.165, 1.54) is 7.05 Å². The van der Waals surface area contributed by atoms with E-state index in [9.17, 15) is 18.0 Å². The first kappa shape index (κ1) is 16.6. The number of hydrogen-bond acceptors (Lipinski definition) is 7. The van der Waals surface area contributed by atoms with Crippen molar-refractivity contribution in [3.8, 4) is 0 Å². The zero-order chi connectivity index (χ0) is 17.2. The van der Waals surface area contributed by atoms with Crippen LogP contribution in [0.4, 0.5) is 19.0 Å². The third-order valence-electron chi connectivity index (χ3n) is 2.69. The average molecular weight is 332 g/mol. The number of alkyl halides is 3. The number of nitrogens with zero attached hydrogens (tertiary/aromatic N) is 6. The zero-order valence-corrected chi connectivity index (χ0v) is 11.9.